The lowest BCUT2D eigenvalue weighted by atomic mass is 9.97. The van der Waals surface area contributed by atoms with E-state index >= 15 is 0 Å². The van der Waals surface area contributed by atoms with Crippen LogP contribution < -0.4 is 10.0 Å². The first kappa shape index (κ1) is 25.4. The molecular weight excluding hydrogens is 500 g/mol. The average Bonchev–Trinajstić information content (AvgIpc) is 3.28. The highest BCUT2D eigenvalue weighted by Crippen LogP contribution is 2.28. The van der Waals surface area contributed by atoms with Crippen LogP contribution in [0.3, 0.4) is 0 Å². The highest BCUT2D eigenvalue weighted by molar-refractivity contribution is 7.92. The molecule has 1 heterocycles. The van der Waals surface area contributed by atoms with E-state index in [4.69, 9.17) is 4.52 Å². The quantitative estimate of drug-likeness (QED) is 0.150. The van der Waals surface area contributed by atoms with Crippen molar-refractivity contribution < 1.29 is 27.8 Å². The predicted octanol–water partition coefficient (Wildman–Crippen LogP) is 4.82. The van der Waals surface area contributed by atoms with Crippen molar-refractivity contribution in [2.45, 2.75) is 24.3 Å². The van der Waals surface area contributed by atoms with Gasteiger partial charge in [0, 0.05) is 35.9 Å². The summed E-state index contributed by atoms with van der Waals surface area (Å²) in [5, 5.41) is 27.4. The Labute approximate surface area is 211 Å². The van der Waals surface area contributed by atoms with Gasteiger partial charge in [0.15, 0.2) is 11.6 Å². The highest BCUT2D eigenvalue weighted by atomic mass is 32.2. The molecule has 0 aliphatic carbocycles. The summed E-state index contributed by atoms with van der Waals surface area (Å²) in [5.74, 6) is 0.328. The summed E-state index contributed by atoms with van der Waals surface area (Å²) >= 11 is 0. The number of nitrogens with zero attached hydrogens (tertiary/aromatic N) is 2. The Bertz CT molecular complexity index is 1510. The highest BCUT2D eigenvalue weighted by Gasteiger charge is 2.20. The lowest BCUT2D eigenvalue weighted by Gasteiger charge is -2.20. The molecule has 4 aromatic rings. The largest absolute Gasteiger partial charge is 0.508 e. The van der Waals surface area contributed by atoms with Gasteiger partial charge in [-0.25, -0.2) is 8.42 Å². The lowest BCUT2D eigenvalue weighted by Crippen LogP contribution is -2.16. The molecule has 190 valence electrons. The molecule has 12 heteroatoms. The number of nitro groups is 1. The number of nitro benzene ring substituents is 1. The zero-order valence-electron chi connectivity index (χ0n) is 19.5. The number of carbonyl (C=O) groups excluding carboxylic acids is 1. The van der Waals surface area contributed by atoms with Gasteiger partial charge >= 0.3 is 0 Å². The smallest absolute Gasteiger partial charge is 0.269 e. The van der Waals surface area contributed by atoms with Crippen LogP contribution in [0.2, 0.25) is 0 Å². The number of phenolic OH excluding ortho intramolecular Hbond substituents is 1. The summed E-state index contributed by atoms with van der Waals surface area (Å²) in [6, 6.07) is 18.4. The van der Waals surface area contributed by atoms with Crippen LogP contribution in [0.15, 0.2) is 88.3 Å². The molecule has 0 bridgehead atoms. The number of benzene rings is 3. The van der Waals surface area contributed by atoms with Crippen LogP contribution in [0.1, 0.15) is 34.1 Å². The van der Waals surface area contributed by atoms with Gasteiger partial charge in [-0.3, -0.25) is 19.6 Å². The van der Waals surface area contributed by atoms with E-state index in [-0.39, 0.29) is 34.4 Å². The predicted molar refractivity (Wildman–Crippen MR) is 135 cm³/mol. The number of carbonyl (C=O) groups is 1. The number of nitrogens with one attached hydrogen (secondary N) is 2. The van der Waals surface area contributed by atoms with Gasteiger partial charge in [0.1, 0.15) is 11.5 Å². The van der Waals surface area contributed by atoms with Crippen LogP contribution in [-0.4, -0.2) is 29.4 Å². The van der Waals surface area contributed by atoms with E-state index in [2.05, 4.69) is 15.2 Å². The van der Waals surface area contributed by atoms with Gasteiger partial charge in [-0.05, 0) is 61.0 Å². The first-order chi connectivity index (χ1) is 17.6. The monoisotopic (exact) mass is 522 g/mol. The van der Waals surface area contributed by atoms with E-state index in [1.165, 1.54) is 54.6 Å². The zero-order chi connectivity index (χ0) is 26.6. The molecule has 3 aromatic carbocycles. The van der Waals surface area contributed by atoms with Gasteiger partial charge in [-0.2, -0.15) is 0 Å². The van der Waals surface area contributed by atoms with Gasteiger partial charge < -0.3 is 14.9 Å². The van der Waals surface area contributed by atoms with Crippen molar-refractivity contribution >= 4 is 33.0 Å². The molecule has 0 fully saturated rings. The maximum Gasteiger partial charge on any atom is 0.269 e. The molecule has 1 aromatic heterocycles. The van der Waals surface area contributed by atoms with Crippen LogP contribution in [0.5, 0.6) is 5.75 Å². The number of sulfonamides is 1. The molecule has 4 rings (SSSR count). The minimum Gasteiger partial charge on any atom is -0.508 e. The van der Waals surface area contributed by atoms with Crippen LogP contribution in [0.25, 0.3) is 0 Å². The number of Topliss-reactive ketones (excluding diaryl/α,β-unsaturated/α-hetero) is 1. The summed E-state index contributed by atoms with van der Waals surface area (Å²) in [6.45, 7) is 1.64. The third-order valence-corrected chi connectivity index (χ3v) is 6.83. The number of hydrogen-bond donors (Lipinski definition) is 3. The molecular formula is C25H22N4O7S. The molecule has 1 atom stereocenters. The zero-order valence-corrected chi connectivity index (χ0v) is 20.3. The first-order valence-electron chi connectivity index (χ1n) is 11.0. The van der Waals surface area contributed by atoms with Crippen molar-refractivity contribution in [3.8, 4) is 5.75 Å². The number of phenols is 1. The van der Waals surface area contributed by atoms with Gasteiger partial charge in [-0.1, -0.05) is 17.3 Å². The molecule has 3 N–H and O–H groups in total. The van der Waals surface area contributed by atoms with Gasteiger partial charge in [0.2, 0.25) is 0 Å². The van der Waals surface area contributed by atoms with Crippen LogP contribution in [-0.2, 0) is 10.0 Å². The van der Waals surface area contributed by atoms with E-state index in [1.807, 2.05) is 0 Å². The Morgan fingerprint density at radius 2 is 1.70 bits per heavy atom. The molecule has 1 unspecified atom stereocenters. The van der Waals surface area contributed by atoms with Crippen molar-refractivity contribution in [2.75, 3.05) is 10.0 Å². The number of non-ortho nitro benzene ring substituents is 1. The Balaban J connectivity index is 1.56. The summed E-state index contributed by atoms with van der Waals surface area (Å²) < 4.78 is 32.5. The molecule has 0 amide bonds. The van der Waals surface area contributed by atoms with E-state index in [0.717, 1.165) is 0 Å². The molecule has 0 saturated heterocycles. The molecule has 0 radical (unpaired) electrons. The van der Waals surface area contributed by atoms with Crippen molar-refractivity contribution in [3.05, 3.63) is 106 Å². The molecule has 0 saturated carbocycles. The Hall–Kier alpha value is -4.71. The number of aromatic nitrogens is 1. The SMILES string of the molecule is Cc1cc(NS(=O)(=O)c2ccc(NC(CC(=O)c3ccc(O)cc3)c3ccc([N+](=O)[O-])cc3)cc2)no1. The molecule has 37 heavy (non-hydrogen) atoms. The summed E-state index contributed by atoms with van der Waals surface area (Å²) in [6.07, 6.45) is -0.00426. The average molecular weight is 523 g/mol. The van der Waals surface area contributed by atoms with E-state index < -0.39 is 21.0 Å². The number of aryl methyl sites for hydroxylation is 1. The van der Waals surface area contributed by atoms with E-state index in [0.29, 0.717) is 22.6 Å². The molecule has 0 aliphatic rings. The molecule has 0 aliphatic heterocycles. The number of rotatable bonds is 10. The van der Waals surface area contributed by atoms with Crippen LogP contribution in [0, 0.1) is 17.0 Å². The van der Waals surface area contributed by atoms with Crippen LogP contribution in [0.4, 0.5) is 17.2 Å². The molecule has 0 spiro atoms. The number of aromatic hydroxyl groups is 1. The molecule has 11 nitrogen and oxygen atoms in total. The number of hydrogen-bond acceptors (Lipinski definition) is 9. The van der Waals surface area contributed by atoms with E-state index in [9.17, 15) is 28.4 Å². The van der Waals surface area contributed by atoms with Crippen LogP contribution >= 0.6 is 0 Å². The second-order valence-corrected chi connectivity index (χ2v) is 9.85. The second-order valence-electron chi connectivity index (χ2n) is 8.17. The van der Waals surface area contributed by atoms with Crippen molar-refractivity contribution in [3.63, 3.8) is 0 Å². The fourth-order valence-electron chi connectivity index (χ4n) is 3.57. The van der Waals surface area contributed by atoms with E-state index in [1.54, 1.807) is 31.2 Å². The number of anilines is 2. The maximum atomic E-state index is 12.9. The summed E-state index contributed by atoms with van der Waals surface area (Å²) in [4.78, 5) is 23.5. The maximum absolute atomic E-state index is 12.9. The summed E-state index contributed by atoms with van der Waals surface area (Å²) in [5.41, 5.74) is 1.45. The normalized spacial score (nSPS) is 12.0. The fourth-order valence-corrected chi connectivity index (χ4v) is 4.56. The minimum absolute atomic E-state index is 0.00426. The lowest BCUT2D eigenvalue weighted by molar-refractivity contribution is -0.384. The van der Waals surface area contributed by atoms with Crippen molar-refractivity contribution in [2.24, 2.45) is 0 Å². The topological polar surface area (TPSA) is 165 Å². The standard InChI is InChI=1S/C25H22N4O7S/c1-16-14-25(27-36-16)28-37(34,35)22-12-6-19(7-13-22)26-23(17-2-8-20(9-3-17)29(32)33)15-24(31)18-4-10-21(30)11-5-18/h2-14,23,26,30H,15H2,1H3,(H,27,28). The Morgan fingerprint density at radius 1 is 1.05 bits per heavy atom. The number of ketones is 1. The second kappa shape index (κ2) is 10.5. The summed E-state index contributed by atoms with van der Waals surface area (Å²) in [7, 11) is -3.91. The fraction of sp³-hybridized carbons (Fsp3) is 0.120. The third-order valence-electron chi connectivity index (χ3n) is 5.46. The van der Waals surface area contributed by atoms with Gasteiger partial charge in [0.05, 0.1) is 15.9 Å². The Kier molecular flexibility index (Phi) is 7.20. The minimum atomic E-state index is -3.91. The first-order valence-corrected chi connectivity index (χ1v) is 12.5. The van der Waals surface area contributed by atoms with Gasteiger partial charge in [0.25, 0.3) is 15.7 Å². The van der Waals surface area contributed by atoms with Crippen molar-refractivity contribution in [1.29, 1.82) is 0 Å². The van der Waals surface area contributed by atoms with Crippen molar-refractivity contribution in [1.82, 2.24) is 5.16 Å². The third kappa shape index (κ3) is 6.30. The van der Waals surface area contributed by atoms with Gasteiger partial charge in [-0.15, -0.1) is 0 Å². The Morgan fingerprint density at radius 3 is 2.27 bits per heavy atom.